The van der Waals surface area contributed by atoms with Gasteiger partial charge in [-0.25, -0.2) is 0 Å². The number of aryl methyl sites for hydroxylation is 2. The summed E-state index contributed by atoms with van der Waals surface area (Å²) in [6.45, 7) is 4.42. The SMILES string of the molecule is CNCC1=C2C#C[C@H](C)CCC[C@H]3C[C@H](O)CCc4cc(c(O)cc4CO)OCc4cc([C@@]56CCOC[C@H]5CCc5ccccc56)cc5cn(cc45)C(=C2CO3)NC1N. The summed E-state index contributed by atoms with van der Waals surface area (Å²) in [6, 6.07) is 17.0. The van der Waals surface area contributed by atoms with Crippen LogP contribution in [-0.4, -0.2) is 71.7 Å². The Kier molecular flexibility index (Phi) is 11.3. The molecule has 0 amide bonds. The van der Waals surface area contributed by atoms with Crippen LogP contribution in [0.3, 0.4) is 0 Å². The predicted octanol–water partition coefficient (Wildman–Crippen LogP) is 6.17. The number of phenols is 1. The molecule has 0 saturated carbocycles. The lowest BCUT2D eigenvalue weighted by atomic mass is 9.57. The largest absolute Gasteiger partial charge is 0.504 e. The first kappa shape index (κ1) is 39.8. The molecular formula is C49H58N4O6. The Labute approximate surface area is 347 Å². The minimum Gasteiger partial charge on any atom is -0.504 e. The van der Waals surface area contributed by atoms with Gasteiger partial charge in [-0.2, -0.15) is 0 Å². The van der Waals surface area contributed by atoms with E-state index < -0.39 is 12.3 Å². The molecule has 5 heterocycles. The molecule has 10 heteroatoms. The zero-order valence-electron chi connectivity index (χ0n) is 34.4. The number of aliphatic hydroxyl groups is 2. The molecular weight excluding hydrogens is 741 g/mol. The lowest BCUT2D eigenvalue weighted by Gasteiger charge is -2.49. The van der Waals surface area contributed by atoms with Crippen molar-refractivity contribution in [2.75, 3.05) is 33.4 Å². The van der Waals surface area contributed by atoms with Crippen LogP contribution in [0.2, 0.25) is 0 Å². The minimum absolute atomic E-state index is 0.0248. The van der Waals surface area contributed by atoms with Crippen molar-refractivity contribution in [3.8, 4) is 23.3 Å². The smallest absolute Gasteiger partial charge is 0.161 e. The maximum Gasteiger partial charge on any atom is 0.161 e. The van der Waals surface area contributed by atoms with Crippen molar-refractivity contribution >= 4 is 16.6 Å². The summed E-state index contributed by atoms with van der Waals surface area (Å²) in [4.78, 5) is 0. The Bertz CT molecular complexity index is 2350. The summed E-state index contributed by atoms with van der Waals surface area (Å²) in [5, 5.41) is 42.1. The van der Waals surface area contributed by atoms with Gasteiger partial charge in [-0.15, -0.1) is 0 Å². The molecule has 1 unspecified atom stereocenters. The van der Waals surface area contributed by atoms with Gasteiger partial charge in [-0.3, -0.25) is 0 Å². The van der Waals surface area contributed by atoms with Gasteiger partial charge in [0.15, 0.2) is 11.5 Å². The van der Waals surface area contributed by atoms with Crippen LogP contribution in [0, 0.1) is 23.7 Å². The molecule has 310 valence electrons. The van der Waals surface area contributed by atoms with Crippen molar-refractivity contribution in [2.45, 2.75) is 102 Å². The van der Waals surface area contributed by atoms with Crippen LogP contribution < -0.4 is 21.1 Å². The average Bonchev–Trinajstić information content (AvgIpc) is 3.67. The number of dihydropyridines is 1. The van der Waals surface area contributed by atoms with E-state index >= 15 is 0 Å². The number of ether oxygens (including phenoxy) is 3. The molecule has 4 aromatic rings. The lowest BCUT2D eigenvalue weighted by molar-refractivity contribution is 0.00498. The van der Waals surface area contributed by atoms with Crippen LogP contribution in [0.1, 0.15) is 85.3 Å². The number of nitrogens with zero attached hydrogens (tertiary/aromatic N) is 1. The molecule has 3 aromatic carbocycles. The van der Waals surface area contributed by atoms with Crippen molar-refractivity contribution in [1.82, 2.24) is 15.2 Å². The van der Waals surface area contributed by atoms with Crippen molar-refractivity contribution in [2.24, 2.45) is 17.6 Å². The van der Waals surface area contributed by atoms with E-state index in [1.165, 1.54) is 16.7 Å². The molecule has 1 saturated heterocycles. The standard InChI is InChI=1S/C49H58N4O6/c1-30-6-5-8-39-22-38(55)14-12-32-21-46(45(56)20-34(32)26-54)59-27-35-19-37(49-16-17-57-28-36(49)13-11-31-7-3-4-9-44(31)49)18-33-24-53(25-42(33)35)48-43(29-58-39)40(15-10-30)41(23-51-2)47(50)52-48/h3-4,7,9,18-21,24-25,30,36,38-39,47,51-52,54-56H,5-6,8,11-14,16-17,22-23,26-29,50H2,1-2H3/t30-,36-,38-,39+,47?,49-/m1/s1. The summed E-state index contributed by atoms with van der Waals surface area (Å²) in [5.74, 6) is 8.80. The molecule has 59 heavy (non-hydrogen) atoms. The second-order valence-electron chi connectivity index (χ2n) is 17.4. The highest BCUT2D eigenvalue weighted by atomic mass is 16.5. The molecule has 4 aliphatic heterocycles. The number of nitrogens with one attached hydrogen (secondary N) is 2. The summed E-state index contributed by atoms with van der Waals surface area (Å²) in [7, 11) is 1.93. The number of fused-ring (bicyclic) bond motifs is 9. The van der Waals surface area contributed by atoms with Gasteiger partial charge in [0.25, 0.3) is 0 Å². The van der Waals surface area contributed by atoms with Gasteiger partial charge in [0.2, 0.25) is 0 Å². The number of aromatic nitrogens is 1. The summed E-state index contributed by atoms with van der Waals surface area (Å²) >= 11 is 0. The number of nitrogens with two attached hydrogens (primary N) is 1. The molecule has 0 radical (unpaired) electrons. The first-order chi connectivity index (χ1) is 28.7. The van der Waals surface area contributed by atoms with Gasteiger partial charge in [0, 0.05) is 58.8 Å². The van der Waals surface area contributed by atoms with Crippen molar-refractivity contribution in [3.63, 3.8) is 0 Å². The van der Waals surface area contributed by atoms with Crippen molar-refractivity contribution < 1.29 is 29.5 Å². The molecule has 6 bridgehead atoms. The summed E-state index contributed by atoms with van der Waals surface area (Å²) in [6.07, 6.45) is 10.1. The number of aromatic hydroxyl groups is 1. The zero-order chi connectivity index (χ0) is 40.7. The molecule has 0 spiro atoms. The topological polar surface area (TPSA) is 143 Å². The number of phenolic OH excluding ortho intramolecular Hbond substituents is 1. The monoisotopic (exact) mass is 798 g/mol. The second-order valence-corrected chi connectivity index (χ2v) is 17.4. The fourth-order valence-corrected chi connectivity index (χ4v) is 10.5. The van der Waals surface area contributed by atoms with E-state index in [2.05, 4.69) is 82.8 Å². The highest BCUT2D eigenvalue weighted by Crippen LogP contribution is 2.52. The van der Waals surface area contributed by atoms with Gasteiger partial charge < -0.3 is 50.5 Å². The highest BCUT2D eigenvalue weighted by molar-refractivity contribution is 5.89. The second kappa shape index (κ2) is 16.8. The molecule has 5 aliphatic rings. The van der Waals surface area contributed by atoms with Crippen LogP contribution >= 0.6 is 0 Å². The highest BCUT2D eigenvalue weighted by Gasteiger charge is 2.47. The number of hydrogen-bond donors (Lipinski definition) is 6. The molecule has 6 atom stereocenters. The number of hydrogen-bond acceptors (Lipinski definition) is 9. The number of rotatable bonds is 4. The van der Waals surface area contributed by atoms with E-state index in [9.17, 15) is 15.3 Å². The fraction of sp³-hybridized carbons (Fsp3) is 0.469. The first-order valence-electron chi connectivity index (χ1n) is 21.6. The van der Waals surface area contributed by atoms with Gasteiger partial charge in [-0.1, -0.05) is 49.1 Å². The van der Waals surface area contributed by atoms with Gasteiger partial charge >= 0.3 is 0 Å². The van der Waals surface area contributed by atoms with E-state index in [-0.39, 0.29) is 36.4 Å². The lowest BCUT2D eigenvalue weighted by Crippen LogP contribution is -2.47. The Balaban J connectivity index is 1.27. The normalized spacial score (nSPS) is 27.4. The van der Waals surface area contributed by atoms with Crippen LogP contribution in [-0.2, 0) is 40.9 Å². The summed E-state index contributed by atoms with van der Waals surface area (Å²) < 4.78 is 21.8. The van der Waals surface area contributed by atoms with Gasteiger partial charge in [0.1, 0.15) is 18.6 Å². The number of benzene rings is 3. The Morgan fingerprint density at radius 1 is 1.02 bits per heavy atom. The van der Waals surface area contributed by atoms with E-state index in [0.717, 1.165) is 83.0 Å². The third-order valence-electron chi connectivity index (χ3n) is 13.7. The Morgan fingerprint density at radius 2 is 1.88 bits per heavy atom. The van der Waals surface area contributed by atoms with Crippen LogP contribution in [0.4, 0.5) is 0 Å². The summed E-state index contributed by atoms with van der Waals surface area (Å²) in [5.41, 5.74) is 16.1. The average molecular weight is 799 g/mol. The van der Waals surface area contributed by atoms with Crippen LogP contribution in [0.15, 0.2) is 77.6 Å². The first-order valence-corrected chi connectivity index (χ1v) is 21.6. The quantitative estimate of drug-likeness (QED) is 0.134. The van der Waals surface area contributed by atoms with E-state index in [4.69, 9.17) is 19.9 Å². The van der Waals surface area contributed by atoms with E-state index in [1.54, 1.807) is 6.07 Å². The van der Waals surface area contributed by atoms with Crippen LogP contribution in [0.5, 0.6) is 11.5 Å². The zero-order valence-corrected chi connectivity index (χ0v) is 34.4. The maximum atomic E-state index is 11.5. The van der Waals surface area contributed by atoms with Gasteiger partial charge in [-0.05, 0) is 128 Å². The minimum atomic E-state index is -0.635. The van der Waals surface area contributed by atoms with Crippen molar-refractivity contribution in [3.05, 3.63) is 111 Å². The Morgan fingerprint density at radius 3 is 2.75 bits per heavy atom. The van der Waals surface area contributed by atoms with Crippen molar-refractivity contribution in [1.29, 1.82) is 0 Å². The predicted molar refractivity (Wildman–Crippen MR) is 230 cm³/mol. The Hall–Kier alpha value is -4.60. The molecule has 10 nitrogen and oxygen atoms in total. The molecule has 1 fully saturated rings. The van der Waals surface area contributed by atoms with E-state index in [1.807, 2.05) is 13.1 Å². The third kappa shape index (κ3) is 7.58. The maximum absolute atomic E-state index is 11.5. The van der Waals surface area contributed by atoms with Gasteiger partial charge in [0.05, 0.1) is 32.0 Å². The van der Waals surface area contributed by atoms with Crippen LogP contribution in [0.25, 0.3) is 16.6 Å². The number of aliphatic hydroxyl groups excluding tert-OH is 2. The number of likely N-dealkylation sites (N-methyl/N-ethyl adjacent to an activating group) is 1. The molecule has 9 rings (SSSR count). The fourth-order valence-electron chi connectivity index (χ4n) is 10.5. The molecule has 7 N–H and O–H groups in total. The molecule has 1 aliphatic carbocycles. The molecule has 1 aromatic heterocycles. The van der Waals surface area contributed by atoms with E-state index in [0.29, 0.717) is 62.9 Å². The third-order valence-corrected chi connectivity index (χ3v) is 13.7.